The van der Waals surface area contributed by atoms with E-state index < -0.39 is 10.0 Å². The number of carbonyl (C=O) groups excluding carboxylic acids is 1. The molecule has 2 aliphatic rings. The number of hydrogen-bond donors (Lipinski definition) is 0. The number of rotatable bonds is 2. The van der Waals surface area contributed by atoms with E-state index in [-0.39, 0.29) is 22.9 Å². The zero-order valence-electron chi connectivity index (χ0n) is 15.4. The highest BCUT2D eigenvalue weighted by atomic mass is 79.9. The molecule has 1 amide bonds. The third-order valence-corrected chi connectivity index (χ3v) is 8.26. The van der Waals surface area contributed by atoms with Crippen molar-refractivity contribution in [1.29, 1.82) is 0 Å². The fourth-order valence-electron chi connectivity index (χ4n) is 4.31. The molecule has 2 aliphatic heterocycles. The molecule has 2 unspecified atom stereocenters. The maximum absolute atomic E-state index is 13.6. The monoisotopic (exact) mass is 448 g/mol. The quantitative estimate of drug-likeness (QED) is 0.699. The molecule has 0 radical (unpaired) electrons. The number of halogens is 1. The Morgan fingerprint density at radius 1 is 1.04 bits per heavy atom. The zero-order chi connectivity index (χ0) is 19.5. The van der Waals surface area contributed by atoms with Gasteiger partial charge in [0.15, 0.2) is 0 Å². The molecule has 0 fully saturated rings. The average Bonchev–Trinajstić information content (AvgIpc) is 3.08. The molecular formula is C20H21BrN2O3S. The molecule has 2 heterocycles. The number of sulfonamides is 1. The summed E-state index contributed by atoms with van der Waals surface area (Å²) < 4.78 is 29.2. The first-order valence-corrected chi connectivity index (χ1v) is 11.2. The summed E-state index contributed by atoms with van der Waals surface area (Å²) in [5.74, 6) is -0.0770. The van der Waals surface area contributed by atoms with Crippen LogP contribution in [0.15, 0.2) is 45.8 Å². The van der Waals surface area contributed by atoms with Gasteiger partial charge in [-0.3, -0.25) is 9.10 Å². The van der Waals surface area contributed by atoms with E-state index in [4.69, 9.17) is 0 Å². The topological polar surface area (TPSA) is 57.7 Å². The first-order chi connectivity index (χ1) is 12.7. The Balaban J connectivity index is 1.86. The molecule has 0 N–H and O–H groups in total. The highest BCUT2D eigenvalue weighted by Gasteiger charge is 2.39. The maximum Gasteiger partial charge on any atom is 0.265 e. The van der Waals surface area contributed by atoms with Gasteiger partial charge in [-0.15, -0.1) is 0 Å². The van der Waals surface area contributed by atoms with Crippen molar-refractivity contribution in [3.8, 4) is 0 Å². The second kappa shape index (κ2) is 6.34. The van der Waals surface area contributed by atoms with Gasteiger partial charge in [0.25, 0.3) is 10.0 Å². The van der Waals surface area contributed by atoms with E-state index in [1.54, 1.807) is 11.0 Å². The Bertz CT molecular complexity index is 1050. The lowest BCUT2D eigenvalue weighted by molar-refractivity contribution is -0.116. The van der Waals surface area contributed by atoms with Gasteiger partial charge in [-0.25, -0.2) is 8.42 Å². The minimum Gasteiger partial charge on any atom is -0.309 e. The Kier molecular flexibility index (Phi) is 4.35. The van der Waals surface area contributed by atoms with Crippen molar-refractivity contribution in [1.82, 2.24) is 0 Å². The molecule has 27 heavy (non-hydrogen) atoms. The third-order valence-electron chi connectivity index (χ3n) is 5.37. The van der Waals surface area contributed by atoms with E-state index in [0.717, 1.165) is 23.2 Å². The van der Waals surface area contributed by atoms with Crippen LogP contribution in [0.4, 0.5) is 11.4 Å². The lowest BCUT2D eigenvalue weighted by Crippen LogP contribution is -2.36. The Morgan fingerprint density at radius 2 is 1.70 bits per heavy atom. The summed E-state index contributed by atoms with van der Waals surface area (Å²) in [4.78, 5) is 14.0. The summed E-state index contributed by atoms with van der Waals surface area (Å²) in [7, 11) is -3.77. The maximum atomic E-state index is 13.6. The lowest BCUT2D eigenvalue weighted by atomic mass is 10.1. The highest BCUT2D eigenvalue weighted by Crippen LogP contribution is 2.42. The van der Waals surface area contributed by atoms with Gasteiger partial charge in [0, 0.05) is 29.2 Å². The van der Waals surface area contributed by atoms with E-state index in [1.165, 1.54) is 11.2 Å². The van der Waals surface area contributed by atoms with Crippen LogP contribution in [0.2, 0.25) is 0 Å². The van der Waals surface area contributed by atoms with Crippen LogP contribution in [0.25, 0.3) is 0 Å². The van der Waals surface area contributed by atoms with Crippen LogP contribution in [-0.4, -0.2) is 26.4 Å². The number of para-hydroxylation sites is 1. The molecular weight excluding hydrogens is 428 g/mol. The molecule has 0 aromatic heterocycles. The molecule has 5 nitrogen and oxygen atoms in total. The van der Waals surface area contributed by atoms with Crippen LogP contribution in [0.5, 0.6) is 0 Å². The molecule has 2 aromatic carbocycles. The molecule has 0 spiro atoms. The summed E-state index contributed by atoms with van der Waals surface area (Å²) in [6.45, 7) is 5.41. The van der Waals surface area contributed by atoms with E-state index in [2.05, 4.69) is 15.9 Å². The fraction of sp³-hybridized carbons (Fsp3) is 0.350. The second-order valence-corrected chi connectivity index (χ2v) is 9.97. The second-order valence-electron chi connectivity index (χ2n) is 7.34. The Hall–Kier alpha value is -1.86. The van der Waals surface area contributed by atoms with E-state index in [0.29, 0.717) is 16.6 Å². The zero-order valence-corrected chi connectivity index (χ0v) is 17.8. The van der Waals surface area contributed by atoms with Crippen molar-refractivity contribution < 1.29 is 13.2 Å². The normalized spacial score (nSPS) is 21.3. The molecule has 0 bridgehead atoms. The van der Waals surface area contributed by atoms with Crippen molar-refractivity contribution in [3.05, 3.63) is 52.0 Å². The lowest BCUT2D eigenvalue weighted by Gasteiger charge is -2.26. The van der Waals surface area contributed by atoms with Gasteiger partial charge >= 0.3 is 0 Å². The van der Waals surface area contributed by atoms with E-state index >= 15 is 0 Å². The van der Waals surface area contributed by atoms with Crippen LogP contribution in [0.3, 0.4) is 0 Å². The number of hydrogen-bond acceptors (Lipinski definition) is 3. The van der Waals surface area contributed by atoms with Gasteiger partial charge in [-0.1, -0.05) is 18.2 Å². The van der Waals surface area contributed by atoms with E-state index in [9.17, 15) is 13.2 Å². The molecule has 7 heteroatoms. The molecule has 2 aromatic rings. The smallest absolute Gasteiger partial charge is 0.265 e. The summed E-state index contributed by atoms with van der Waals surface area (Å²) in [6.07, 6.45) is 1.41. The summed E-state index contributed by atoms with van der Waals surface area (Å²) in [5, 5.41) is 0. The number of amides is 1. The molecule has 0 saturated carbocycles. The number of nitrogens with zero attached hydrogens (tertiary/aromatic N) is 2. The molecule has 142 valence electrons. The number of carbonyl (C=O) groups is 1. The van der Waals surface area contributed by atoms with Crippen molar-refractivity contribution in [2.75, 3.05) is 9.21 Å². The number of anilines is 2. The van der Waals surface area contributed by atoms with Gasteiger partial charge < -0.3 is 4.90 Å². The van der Waals surface area contributed by atoms with Gasteiger partial charge in [0.05, 0.1) is 5.69 Å². The first-order valence-electron chi connectivity index (χ1n) is 8.96. The summed E-state index contributed by atoms with van der Waals surface area (Å²) >= 11 is 3.46. The Labute approximate surface area is 168 Å². The van der Waals surface area contributed by atoms with E-state index in [1.807, 2.05) is 44.2 Å². The van der Waals surface area contributed by atoms with Crippen LogP contribution < -0.4 is 9.21 Å². The van der Waals surface area contributed by atoms with Gasteiger partial charge in [-0.05, 0) is 71.9 Å². The highest BCUT2D eigenvalue weighted by molar-refractivity contribution is 9.10. The van der Waals surface area contributed by atoms with Crippen LogP contribution in [0, 0.1) is 0 Å². The number of fused-ring (bicyclic) bond motifs is 2. The van der Waals surface area contributed by atoms with Crippen LogP contribution in [-0.2, 0) is 27.7 Å². The Morgan fingerprint density at radius 3 is 2.41 bits per heavy atom. The summed E-state index contributed by atoms with van der Waals surface area (Å²) in [6, 6.07) is 11.0. The SMILES string of the molecule is CC(=O)N1c2cc(S(=O)(=O)N3c4ccccc4CC3C)c(Br)cc2CC1C. The average molecular weight is 449 g/mol. The fourth-order valence-corrected chi connectivity index (χ4v) is 7.07. The molecule has 0 saturated heterocycles. The van der Waals surface area contributed by atoms with Crippen molar-refractivity contribution in [2.45, 2.75) is 50.6 Å². The predicted octanol–water partition coefficient (Wildman–Crippen LogP) is 3.89. The predicted molar refractivity (Wildman–Crippen MR) is 110 cm³/mol. The van der Waals surface area contributed by atoms with Crippen molar-refractivity contribution >= 4 is 43.2 Å². The van der Waals surface area contributed by atoms with Crippen molar-refractivity contribution in [2.24, 2.45) is 0 Å². The number of benzene rings is 2. The minimum atomic E-state index is -3.77. The molecule has 2 atom stereocenters. The summed E-state index contributed by atoms with van der Waals surface area (Å²) in [5.41, 5.74) is 3.44. The van der Waals surface area contributed by atoms with Crippen LogP contribution in [0.1, 0.15) is 31.9 Å². The molecule has 4 rings (SSSR count). The van der Waals surface area contributed by atoms with Crippen LogP contribution >= 0.6 is 15.9 Å². The minimum absolute atomic E-state index is 0.0220. The largest absolute Gasteiger partial charge is 0.309 e. The molecule has 0 aliphatic carbocycles. The van der Waals surface area contributed by atoms with Gasteiger partial charge in [0.1, 0.15) is 4.90 Å². The van der Waals surface area contributed by atoms with Gasteiger partial charge in [-0.2, -0.15) is 0 Å². The first kappa shape index (κ1) is 18.5. The van der Waals surface area contributed by atoms with Crippen molar-refractivity contribution in [3.63, 3.8) is 0 Å². The standard InChI is InChI=1S/C20H21BrN2O3S/c1-12-8-16-10-17(21)20(11-19(16)22(12)14(3)24)27(25,26)23-13(2)9-15-6-4-5-7-18(15)23/h4-7,10-13H,8-9H2,1-3H3. The van der Waals surface area contributed by atoms with Gasteiger partial charge in [0.2, 0.25) is 5.91 Å². The third kappa shape index (κ3) is 2.79.